The van der Waals surface area contributed by atoms with Gasteiger partial charge in [-0.05, 0) is 65.9 Å². The number of carbonyl (C=O) groups is 5. The molecule has 42 heavy (non-hydrogen) atoms. The highest BCUT2D eigenvalue weighted by atomic mass is 16.6. The number of primary amides is 1. The number of nitrogens with one attached hydrogen (secondary N) is 2. The molecule has 1 aliphatic rings. The van der Waals surface area contributed by atoms with Crippen molar-refractivity contribution >= 4 is 29.8 Å². The molecule has 1 aliphatic heterocycles. The van der Waals surface area contributed by atoms with Gasteiger partial charge in [0.15, 0.2) is 0 Å². The predicted molar refractivity (Wildman–Crippen MR) is 158 cm³/mol. The molecule has 0 unspecified atom stereocenters. The quantitative estimate of drug-likeness (QED) is 0.335. The Bertz CT molecular complexity index is 1110. The molecule has 0 saturated carbocycles. The molecular weight excluding hydrogens is 540 g/mol. The van der Waals surface area contributed by atoms with Gasteiger partial charge in [-0.3, -0.25) is 14.4 Å². The van der Waals surface area contributed by atoms with Crippen molar-refractivity contribution in [3.63, 3.8) is 0 Å². The number of rotatable bonds is 11. The van der Waals surface area contributed by atoms with Crippen LogP contribution in [0.1, 0.15) is 80.2 Å². The van der Waals surface area contributed by atoms with E-state index >= 15 is 0 Å². The average molecular weight is 589 g/mol. The Morgan fingerprint density at radius 1 is 0.929 bits per heavy atom. The van der Waals surface area contributed by atoms with E-state index in [9.17, 15) is 24.0 Å². The van der Waals surface area contributed by atoms with Crippen LogP contribution in [0.2, 0.25) is 0 Å². The lowest BCUT2D eigenvalue weighted by atomic mass is 9.95. The van der Waals surface area contributed by atoms with Gasteiger partial charge in [0.25, 0.3) is 0 Å². The van der Waals surface area contributed by atoms with Gasteiger partial charge >= 0.3 is 12.1 Å². The summed E-state index contributed by atoms with van der Waals surface area (Å²) < 4.78 is 11.0. The fourth-order valence-electron chi connectivity index (χ4n) is 4.93. The Labute approximate surface area is 249 Å². The third-order valence-corrected chi connectivity index (χ3v) is 6.53. The zero-order chi connectivity index (χ0) is 31.8. The summed E-state index contributed by atoms with van der Waals surface area (Å²) in [5.74, 6) is -2.72. The minimum atomic E-state index is -1.06. The number of carbonyl (C=O) groups excluding carboxylic acids is 5. The van der Waals surface area contributed by atoms with Crippen LogP contribution < -0.4 is 16.4 Å². The molecular formula is C31H48N4O7. The van der Waals surface area contributed by atoms with Gasteiger partial charge in [0.05, 0.1) is 0 Å². The van der Waals surface area contributed by atoms with Crippen molar-refractivity contribution in [2.75, 3.05) is 6.54 Å². The van der Waals surface area contributed by atoms with Crippen LogP contribution in [-0.2, 0) is 35.1 Å². The summed E-state index contributed by atoms with van der Waals surface area (Å²) >= 11 is 0. The molecule has 1 fully saturated rings. The summed E-state index contributed by atoms with van der Waals surface area (Å²) in [6, 6.07) is 6.10. The Hall–Kier alpha value is -3.63. The van der Waals surface area contributed by atoms with E-state index in [-0.39, 0.29) is 25.3 Å². The fraction of sp³-hybridized carbons (Fsp3) is 0.645. The first-order valence-corrected chi connectivity index (χ1v) is 14.5. The van der Waals surface area contributed by atoms with Crippen LogP contribution >= 0.6 is 0 Å². The van der Waals surface area contributed by atoms with Crippen LogP contribution in [0.4, 0.5) is 4.79 Å². The molecule has 0 aromatic heterocycles. The topological polar surface area (TPSA) is 157 Å². The first-order valence-electron chi connectivity index (χ1n) is 14.5. The van der Waals surface area contributed by atoms with Gasteiger partial charge in [-0.15, -0.1) is 0 Å². The number of esters is 1. The van der Waals surface area contributed by atoms with Crippen molar-refractivity contribution in [1.82, 2.24) is 15.5 Å². The van der Waals surface area contributed by atoms with Crippen LogP contribution in [0.5, 0.6) is 0 Å². The standard InChI is InChI=1S/C31H48N4O7/c1-19(2)16-22(34-29(40)42-31(6,7)8)26(37)33-23(17-20-12-10-9-11-13-20)27(38)35-15-14-21(18-24(32)36)25(35)28(39)41-30(3,4)5/h9-13,19,21-23,25H,14-18H2,1-8H3,(H2,32,36)(H,33,37)(H,34,40)/t21-,22-,23-,25-/m0/s1. The monoisotopic (exact) mass is 588 g/mol. The third-order valence-electron chi connectivity index (χ3n) is 6.53. The van der Waals surface area contributed by atoms with E-state index < -0.39 is 65.0 Å². The highest BCUT2D eigenvalue weighted by Crippen LogP contribution is 2.30. The van der Waals surface area contributed by atoms with E-state index in [0.29, 0.717) is 12.8 Å². The van der Waals surface area contributed by atoms with Crippen LogP contribution in [0.3, 0.4) is 0 Å². The van der Waals surface area contributed by atoms with Crippen molar-refractivity contribution in [3.05, 3.63) is 35.9 Å². The van der Waals surface area contributed by atoms with Gasteiger partial charge in [-0.2, -0.15) is 0 Å². The number of hydrogen-bond donors (Lipinski definition) is 3. The Morgan fingerprint density at radius 3 is 2.05 bits per heavy atom. The summed E-state index contributed by atoms with van der Waals surface area (Å²) in [6.45, 7) is 14.4. The summed E-state index contributed by atoms with van der Waals surface area (Å²) in [7, 11) is 0. The lowest BCUT2D eigenvalue weighted by Gasteiger charge is -2.33. The van der Waals surface area contributed by atoms with E-state index in [0.717, 1.165) is 5.56 Å². The van der Waals surface area contributed by atoms with Crippen molar-refractivity contribution in [3.8, 4) is 0 Å². The lowest BCUT2D eigenvalue weighted by Crippen LogP contribution is -2.57. The van der Waals surface area contributed by atoms with E-state index in [1.807, 2.05) is 44.2 Å². The number of alkyl carbamates (subject to hydrolysis) is 1. The molecule has 2 rings (SSSR count). The highest BCUT2D eigenvalue weighted by molar-refractivity contribution is 5.94. The molecule has 0 radical (unpaired) electrons. The maximum absolute atomic E-state index is 14.1. The van der Waals surface area contributed by atoms with Crippen LogP contribution in [0, 0.1) is 11.8 Å². The second kappa shape index (κ2) is 14.5. The molecule has 4 N–H and O–H groups in total. The Kier molecular flexibility index (Phi) is 11.9. The first-order chi connectivity index (χ1) is 19.4. The smallest absolute Gasteiger partial charge is 0.408 e. The minimum absolute atomic E-state index is 0.0450. The number of likely N-dealkylation sites (tertiary alicyclic amines) is 1. The minimum Gasteiger partial charge on any atom is -0.458 e. The predicted octanol–water partition coefficient (Wildman–Crippen LogP) is 3.09. The molecule has 11 heteroatoms. The van der Waals surface area contributed by atoms with E-state index in [2.05, 4.69) is 10.6 Å². The van der Waals surface area contributed by atoms with Crippen molar-refractivity contribution in [1.29, 1.82) is 0 Å². The molecule has 11 nitrogen and oxygen atoms in total. The normalized spacial score (nSPS) is 18.6. The van der Waals surface area contributed by atoms with Gasteiger partial charge in [-0.1, -0.05) is 44.2 Å². The highest BCUT2D eigenvalue weighted by Gasteiger charge is 2.46. The summed E-state index contributed by atoms with van der Waals surface area (Å²) in [6.07, 6.45) is 0.000490. The number of ether oxygens (including phenoxy) is 2. The number of nitrogens with two attached hydrogens (primary N) is 1. The fourth-order valence-corrected chi connectivity index (χ4v) is 4.93. The van der Waals surface area contributed by atoms with Gasteiger partial charge in [-0.25, -0.2) is 9.59 Å². The molecule has 1 saturated heterocycles. The molecule has 1 aromatic carbocycles. The first kappa shape index (κ1) is 34.6. The summed E-state index contributed by atoms with van der Waals surface area (Å²) in [5.41, 5.74) is 4.68. The van der Waals surface area contributed by atoms with Crippen LogP contribution in [0.15, 0.2) is 30.3 Å². The Balaban J connectivity index is 2.40. The van der Waals surface area contributed by atoms with E-state index in [4.69, 9.17) is 15.2 Å². The number of benzene rings is 1. The molecule has 4 amide bonds. The van der Waals surface area contributed by atoms with E-state index in [1.54, 1.807) is 41.5 Å². The zero-order valence-corrected chi connectivity index (χ0v) is 26.2. The van der Waals surface area contributed by atoms with Gasteiger partial charge in [0, 0.05) is 25.3 Å². The maximum atomic E-state index is 14.1. The number of amides is 4. The van der Waals surface area contributed by atoms with Gasteiger partial charge in [0.1, 0.15) is 29.3 Å². The molecule has 1 heterocycles. The molecule has 1 aromatic rings. The molecule has 4 atom stereocenters. The SMILES string of the molecule is CC(C)C[C@H](NC(=O)OC(C)(C)C)C(=O)N[C@@H](Cc1ccccc1)C(=O)N1CC[C@@H](CC(N)=O)[C@H]1C(=O)OC(C)(C)C. The second-order valence-corrected chi connectivity index (χ2v) is 13.3. The molecule has 0 spiro atoms. The summed E-state index contributed by atoms with van der Waals surface area (Å²) in [4.78, 5) is 66.8. The number of hydrogen-bond acceptors (Lipinski definition) is 7. The van der Waals surface area contributed by atoms with Crippen molar-refractivity contribution in [2.24, 2.45) is 17.6 Å². The van der Waals surface area contributed by atoms with Crippen LogP contribution in [-0.4, -0.2) is 70.6 Å². The third kappa shape index (κ3) is 11.3. The van der Waals surface area contributed by atoms with Crippen LogP contribution in [0.25, 0.3) is 0 Å². The number of nitrogens with zero attached hydrogens (tertiary/aromatic N) is 1. The molecule has 234 valence electrons. The average Bonchev–Trinajstić information content (AvgIpc) is 3.23. The summed E-state index contributed by atoms with van der Waals surface area (Å²) in [5, 5.41) is 5.48. The lowest BCUT2D eigenvalue weighted by molar-refractivity contribution is -0.165. The van der Waals surface area contributed by atoms with Crippen molar-refractivity contribution < 1.29 is 33.4 Å². The molecule has 0 aliphatic carbocycles. The molecule has 0 bridgehead atoms. The van der Waals surface area contributed by atoms with Gasteiger partial charge < -0.3 is 30.7 Å². The van der Waals surface area contributed by atoms with Gasteiger partial charge in [0.2, 0.25) is 17.7 Å². The largest absolute Gasteiger partial charge is 0.458 e. The second-order valence-electron chi connectivity index (χ2n) is 13.3. The van der Waals surface area contributed by atoms with Crippen molar-refractivity contribution in [2.45, 2.75) is 110 Å². The maximum Gasteiger partial charge on any atom is 0.408 e. The Morgan fingerprint density at radius 2 is 1.52 bits per heavy atom. The zero-order valence-electron chi connectivity index (χ0n) is 26.2. The van der Waals surface area contributed by atoms with E-state index in [1.165, 1.54) is 4.90 Å².